The molecule has 2 aromatic rings. The Kier molecular flexibility index (Phi) is 5.35. The van der Waals surface area contributed by atoms with Gasteiger partial charge in [0, 0.05) is 18.2 Å². The Hall–Kier alpha value is -2.69. The molecule has 0 unspecified atom stereocenters. The van der Waals surface area contributed by atoms with E-state index in [4.69, 9.17) is 14.2 Å². The first-order valence-electron chi connectivity index (χ1n) is 8.74. The lowest BCUT2D eigenvalue weighted by molar-refractivity contribution is 0.0729. The fraction of sp³-hybridized carbons (Fsp3) is 0.381. The van der Waals surface area contributed by atoms with Crippen LogP contribution >= 0.6 is 0 Å². The van der Waals surface area contributed by atoms with Crippen LogP contribution < -0.4 is 14.2 Å². The number of benzene rings is 2. The fourth-order valence-corrected chi connectivity index (χ4v) is 3.04. The van der Waals surface area contributed by atoms with Crippen LogP contribution in [0.5, 0.6) is 17.2 Å². The van der Waals surface area contributed by atoms with E-state index >= 15 is 0 Å². The smallest absolute Gasteiger partial charge is 0.254 e. The maximum atomic E-state index is 13.0. The fourth-order valence-electron chi connectivity index (χ4n) is 3.04. The molecule has 0 spiro atoms. The van der Waals surface area contributed by atoms with Gasteiger partial charge in [0.2, 0.25) is 5.75 Å². The summed E-state index contributed by atoms with van der Waals surface area (Å²) < 4.78 is 16.2. The topological polar surface area (TPSA) is 48.0 Å². The summed E-state index contributed by atoms with van der Waals surface area (Å²) >= 11 is 0. The largest absolute Gasteiger partial charge is 0.493 e. The van der Waals surface area contributed by atoms with Crippen molar-refractivity contribution in [3.8, 4) is 17.2 Å². The molecular formula is C21H25NO4. The average Bonchev–Trinajstić information content (AvgIpc) is 3.50. The third-order valence-electron chi connectivity index (χ3n) is 4.62. The van der Waals surface area contributed by atoms with E-state index in [1.807, 2.05) is 48.2 Å². The highest BCUT2D eigenvalue weighted by Gasteiger charge is 2.33. The second kappa shape index (κ2) is 7.68. The molecule has 5 nitrogen and oxygen atoms in total. The minimum Gasteiger partial charge on any atom is -0.493 e. The number of hydrogen-bond donors (Lipinski definition) is 0. The summed E-state index contributed by atoms with van der Waals surface area (Å²) in [6.45, 7) is 2.52. The summed E-state index contributed by atoms with van der Waals surface area (Å²) in [4.78, 5) is 14.9. The number of rotatable bonds is 7. The Bertz CT molecular complexity index is 756. The molecule has 0 bridgehead atoms. The summed E-state index contributed by atoms with van der Waals surface area (Å²) in [5, 5.41) is 0. The number of aryl methyl sites for hydroxylation is 1. The van der Waals surface area contributed by atoms with Gasteiger partial charge in [0.1, 0.15) is 0 Å². The number of carbonyl (C=O) groups excluding carboxylic acids is 1. The van der Waals surface area contributed by atoms with Crippen LogP contribution in [0.15, 0.2) is 36.4 Å². The molecule has 0 aromatic heterocycles. The van der Waals surface area contributed by atoms with Crippen LogP contribution in [0.3, 0.4) is 0 Å². The van der Waals surface area contributed by atoms with Gasteiger partial charge in [0.25, 0.3) is 5.91 Å². The summed E-state index contributed by atoms with van der Waals surface area (Å²) in [6, 6.07) is 11.8. The summed E-state index contributed by atoms with van der Waals surface area (Å²) in [5.41, 5.74) is 2.81. The molecule has 0 heterocycles. The molecule has 3 rings (SSSR count). The quantitative estimate of drug-likeness (QED) is 0.757. The van der Waals surface area contributed by atoms with Gasteiger partial charge in [-0.3, -0.25) is 4.79 Å². The van der Waals surface area contributed by atoms with Crippen molar-refractivity contribution in [2.24, 2.45) is 0 Å². The van der Waals surface area contributed by atoms with E-state index in [0.717, 1.165) is 29.5 Å². The van der Waals surface area contributed by atoms with E-state index in [1.54, 1.807) is 21.3 Å². The van der Waals surface area contributed by atoms with Crippen molar-refractivity contribution in [2.75, 3.05) is 21.3 Å². The van der Waals surface area contributed by atoms with Crippen molar-refractivity contribution in [1.82, 2.24) is 4.90 Å². The Labute approximate surface area is 154 Å². The van der Waals surface area contributed by atoms with Gasteiger partial charge in [-0.05, 0) is 49.6 Å². The highest BCUT2D eigenvalue weighted by atomic mass is 16.5. The Balaban J connectivity index is 1.89. The third-order valence-corrected chi connectivity index (χ3v) is 4.62. The Morgan fingerprint density at radius 2 is 1.58 bits per heavy atom. The first kappa shape index (κ1) is 18.1. The molecule has 1 aliphatic carbocycles. The minimum absolute atomic E-state index is 0.0567. The van der Waals surface area contributed by atoms with Gasteiger partial charge >= 0.3 is 0 Å². The van der Waals surface area contributed by atoms with Gasteiger partial charge in [-0.2, -0.15) is 0 Å². The van der Waals surface area contributed by atoms with Gasteiger partial charge in [-0.1, -0.05) is 17.7 Å². The first-order valence-corrected chi connectivity index (χ1v) is 8.74. The molecule has 1 amide bonds. The van der Waals surface area contributed by atoms with Crippen LogP contribution in [-0.4, -0.2) is 38.2 Å². The molecular weight excluding hydrogens is 330 g/mol. The standard InChI is InChI=1S/C21H25NO4/c1-14-5-7-16(8-6-14)21(23)22(17-9-10-17)13-15-11-18(24-2)20(26-4)19(12-15)25-3/h5-8,11-12,17H,9-10,13H2,1-4H3. The van der Waals surface area contributed by atoms with Crippen molar-refractivity contribution in [3.63, 3.8) is 0 Å². The predicted octanol–water partition coefficient (Wildman–Crippen LogP) is 3.83. The minimum atomic E-state index is 0.0567. The van der Waals surface area contributed by atoms with Crippen molar-refractivity contribution in [3.05, 3.63) is 53.1 Å². The second-order valence-electron chi connectivity index (χ2n) is 6.56. The normalized spacial score (nSPS) is 13.2. The average molecular weight is 355 g/mol. The van der Waals surface area contributed by atoms with E-state index in [2.05, 4.69) is 0 Å². The van der Waals surface area contributed by atoms with Gasteiger partial charge < -0.3 is 19.1 Å². The predicted molar refractivity (Wildman–Crippen MR) is 100 cm³/mol. The van der Waals surface area contributed by atoms with Crippen molar-refractivity contribution >= 4 is 5.91 Å². The molecule has 1 saturated carbocycles. The summed E-state index contributed by atoms with van der Waals surface area (Å²) in [7, 11) is 4.77. The Morgan fingerprint density at radius 1 is 1.00 bits per heavy atom. The van der Waals surface area contributed by atoms with Crippen molar-refractivity contribution < 1.29 is 19.0 Å². The molecule has 0 aliphatic heterocycles. The van der Waals surface area contributed by atoms with Gasteiger partial charge in [0.05, 0.1) is 21.3 Å². The summed E-state index contributed by atoms with van der Waals surface area (Å²) in [5.74, 6) is 1.81. The number of nitrogens with zero attached hydrogens (tertiary/aromatic N) is 1. The second-order valence-corrected chi connectivity index (χ2v) is 6.56. The molecule has 26 heavy (non-hydrogen) atoms. The summed E-state index contributed by atoms with van der Waals surface area (Å²) in [6.07, 6.45) is 2.09. The van der Waals surface area contributed by atoms with Gasteiger partial charge in [0.15, 0.2) is 11.5 Å². The molecule has 1 fully saturated rings. The number of ether oxygens (including phenoxy) is 3. The zero-order chi connectivity index (χ0) is 18.7. The first-order chi connectivity index (χ1) is 12.6. The zero-order valence-electron chi connectivity index (χ0n) is 15.7. The maximum absolute atomic E-state index is 13.0. The molecule has 2 aromatic carbocycles. The maximum Gasteiger partial charge on any atom is 0.254 e. The van der Waals surface area contributed by atoms with E-state index in [1.165, 1.54) is 0 Å². The van der Waals surface area contributed by atoms with Gasteiger partial charge in [-0.25, -0.2) is 0 Å². The van der Waals surface area contributed by atoms with Crippen LogP contribution in [-0.2, 0) is 6.54 Å². The molecule has 5 heteroatoms. The third kappa shape index (κ3) is 3.77. The van der Waals surface area contributed by atoms with Crippen molar-refractivity contribution in [1.29, 1.82) is 0 Å². The number of methoxy groups -OCH3 is 3. The SMILES string of the molecule is COc1cc(CN(C(=O)c2ccc(C)cc2)C2CC2)cc(OC)c1OC. The lowest BCUT2D eigenvalue weighted by Crippen LogP contribution is -2.32. The molecule has 138 valence electrons. The van der Waals surface area contributed by atoms with Gasteiger partial charge in [-0.15, -0.1) is 0 Å². The number of hydrogen-bond acceptors (Lipinski definition) is 4. The molecule has 1 aliphatic rings. The molecule has 0 N–H and O–H groups in total. The highest BCUT2D eigenvalue weighted by Crippen LogP contribution is 2.39. The monoisotopic (exact) mass is 355 g/mol. The Morgan fingerprint density at radius 3 is 2.04 bits per heavy atom. The molecule has 0 atom stereocenters. The van der Waals surface area contributed by atoms with E-state index < -0.39 is 0 Å². The zero-order valence-corrected chi connectivity index (χ0v) is 15.7. The van der Waals surface area contributed by atoms with Crippen LogP contribution in [0.25, 0.3) is 0 Å². The van der Waals surface area contributed by atoms with E-state index in [-0.39, 0.29) is 5.91 Å². The lowest BCUT2D eigenvalue weighted by atomic mass is 10.1. The van der Waals surface area contributed by atoms with Crippen LogP contribution in [0, 0.1) is 6.92 Å². The molecule has 0 saturated heterocycles. The number of carbonyl (C=O) groups is 1. The lowest BCUT2D eigenvalue weighted by Gasteiger charge is -2.24. The van der Waals surface area contributed by atoms with Crippen molar-refractivity contribution in [2.45, 2.75) is 32.4 Å². The molecule has 0 radical (unpaired) electrons. The highest BCUT2D eigenvalue weighted by molar-refractivity contribution is 5.94. The van der Waals surface area contributed by atoms with Crippen LogP contribution in [0.4, 0.5) is 0 Å². The van der Waals surface area contributed by atoms with E-state index in [0.29, 0.717) is 29.8 Å². The van der Waals surface area contributed by atoms with Crippen LogP contribution in [0.2, 0.25) is 0 Å². The van der Waals surface area contributed by atoms with E-state index in [9.17, 15) is 4.79 Å². The van der Waals surface area contributed by atoms with Crippen LogP contribution in [0.1, 0.15) is 34.3 Å². The number of amides is 1.